The van der Waals surface area contributed by atoms with Crippen molar-refractivity contribution in [3.05, 3.63) is 137 Å². The summed E-state index contributed by atoms with van der Waals surface area (Å²) in [6.45, 7) is 0. The quantitative estimate of drug-likeness (QED) is 0.0716. The zero-order valence-corrected chi connectivity index (χ0v) is 32.5. The van der Waals surface area contributed by atoms with Gasteiger partial charge in [-0.15, -0.1) is 0 Å². The van der Waals surface area contributed by atoms with Crippen LogP contribution in [-0.4, -0.2) is 31.3 Å². The molecule has 6 nitrogen and oxygen atoms in total. The molecule has 0 saturated carbocycles. The van der Waals surface area contributed by atoms with E-state index in [0.717, 1.165) is 29.8 Å². The number of phenolic OH excluding ortho intramolecular Hbond substituents is 1. The van der Waals surface area contributed by atoms with Crippen LogP contribution in [0.1, 0.15) is 33.2 Å². The molecule has 0 saturated heterocycles. The van der Waals surface area contributed by atoms with Gasteiger partial charge in [-0.25, -0.2) is 4.79 Å². The smallest absolute Gasteiger partial charge is 0.508 e. The number of alkyl halides is 7. The van der Waals surface area contributed by atoms with Gasteiger partial charge in [0.1, 0.15) is 16.3 Å². The number of benzene rings is 4. The zero-order chi connectivity index (χ0) is 35.4. The summed E-state index contributed by atoms with van der Waals surface area (Å²) in [6.07, 6.45) is -10.1. The first-order valence-electron chi connectivity index (χ1n) is 13.0. The summed E-state index contributed by atoms with van der Waals surface area (Å²) in [7, 11) is 2.52. The standard InChI is InChI=1S/C16H12ClF3O3.C9H8BrClO2.C7H5F3O.CH3.K/c1-22-15(21)14(10-5-7-12(17)8-6-10)23-13-4-2-3-11(9-13)16(18,19)20;1-13-9(12)8(10)6-2-4-7(11)5-3-6;8-7(9,10)5-2-1-3-6(11)4-5;;/h2-9,14H,1H3;2-5,8H,1H3;1-4,11H;1H3;/q;;;-1;+1. The Morgan fingerprint density at radius 3 is 1.53 bits per heavy atom. The van der Waals surface area contributed by atoms with Gasteiger partial charge in [0.05, 0.1) is 25.3 Å². The van der Waals surface area contributed by atoms with E-state index in [4.69, 9.17) is 33.0 Å². The Balaban J connectivity index is 0.000000755. The van der Waals surface area contributed by atoms with E-state index in [9.17, 15) is 35.9 Å². The summed E-state index contributed by atoms with van der Waals surface area (Å²) in [4.78, 5) is 22.6. The summed E-state index contributed by atoms with van der Waals surface area (Å²) in [6, 6.07) is 21.4. The SMILES string of the molecule is COC(=O)C(Br)c1ccc(Cl)cc1.COC(=O)C(Oc1cccc(C(F)(F)F)c1)c1ccc(Cl)cc1.Oc1cccc(C(F)(F)F)c1.[CH3-].[K+]. The topological polar surface area (TPSA) is 82.1 Å². The molecule has 4 aromatic carbocycles. The van der Waals surface area contributed by atoms with E-state index in [-0.39, 0.29) is 76.3 Å². The maximum Gasteiger partial charge on any atom is 1.00 e. The molecular weight excluding hydrogens is 796 g/mol. The Hall–Kier alpha value is -2.30. The molecule has 2 unspecified atom stereocenters. The van der Waals surface area contributed by atoms with Crippen LogP contribution in [-0.2, 0) is 31.4 Å². The molecule has 0 radical (unpaired) electrons. The van der Waals surface area contributed by atoms with Gasteiger partial charge >= 0.3 is 75.7 Å². The van der Waals surface area contributed by atoms with E-state index < -0.39 is 40.4 Å². The molecule has 2 atom stereocenters. The number of ether oxygens (including phenoxy) is 3. The Morgan fingerprint density at radius 1 is 0.694 bits per heavy atom. The van der Waals surface area contributed by atoms with Crippen molar-refractivity contribution in [2.24, 2.45) is 0 Å². The fourth-order valence-electron chi connectivity index (χ4n) is 3.43. The Morgan fingerprint density at radius 2 is 1.12 bits per heavy atom. The van der Waals surface area contributed by atoms with E-state index in [1.165, 1.54) is 44.6 Å². The second-order valence-corrected chi connectivity index (χ2v) is 10.9. The largest absolute Gasteiger partial charge is 1.00 e. The number of hydrogen-bond acceptors (Lipinski definition) is 6. The van der Waals surface area contributed by atoms with Crippen molar-refractivity contribution in [1.82, 2.24) is 0 Å². The molecule has 4 rings (SSSR count). The molecule has 260 valence electrons. The van der Waals surface area contributed by atoms with Crippen LogP contribution in [0, 0.1) is 7.43 Å². The Bertz CT molecular complexity index is 1610. The molecule has 0 bridgehead atoms. The van der Waals surface area contributed by atoms with Crippen LogP contribution in [0.5, 0.6) is 11.5 Å². The van der Waals surface area contributed by atoms with Crippen molar-refractivity contribution >= 4 is 51.1 Å². The number of phenols is 1. The maximum absolute atomic E-state index is 12.7. The van der Waals surface area contributed by atoms with Crippen molar-refractivity contribution in [3.8, 4) is 11.5 Å². The second kappa shape index (κ2) is 21.8. The number of rotatable bonds is 6. The maximum atomic E-state index is 12.7. The number of esters is 2. The molecule has 0 amide bonds. The first-order valence-corrected chi connectivity index (χ1v) is 14.6. The fraction of sp³-hybridized carbons (Fsp3) is 0.182. The van der Waals surface area contributed by atoms with Crippen molar-refractivity contribution in [3.63, 3.8) is 0 Å². The third-order valence-corrected chi connectivity index (χ3v) is 7.15. The van der Waals surface area contributed by atoms with Gasteiger partial charge in [0, 0.05) is 15.6 Å². The molecule has 49 heavy (non-hydrogen) atoms. The molecule has 1 N–H and O–H groups in total. The van der Waals surface area contributed by atoms with Crippen LogP contribution in [0.2, 0.25) is 10.0 Å². The van der Waals surface area contributed by atoms with Gasteiger partial charge in [0.2, 0.25) is 6.10 Å². The number of halogens is 9. The van der Waals surface area contributed by atoms with Gasteiger partial charge < -0.3 is 26.7 Å². The van der Waals surface area contributed by atoms with Crippen LogP contribution >= 0.6 is 39.1 Å². The summed E-state index contributed by atoms with van der Waals surface area (Å²) >= 11 is 14.7. The number of carbonyl (C=O) groups is 2. The summed E-state index contributed by atoms with van der Waals surface area (Å²) in [5.74, 6) is -1.52. The van der Waals surface area contributed by atoms with Gasteiger partial charge in [-0.1, -0.05) is 75.5 Å². The van der Waals surface area contributed by atoms with E-state index in [2.05, 4.69) is 25.4 Å². The third kappa shape index (κ3) is 16.1. The average Bonchev–Trinajstić information content (AvgIpc) is 3.03. The van der Waals surface area contributed by atoms with Gasteiger partial charge in [0.25, 0.3) is 0 Å². The van der Waals surface area contributed by atoms with E-state index in [1.54, 1.807) is 36.4 Å². The molecule has 0 aromatic heterocycles. The van der Waals surface area contributed by atoms with Crippen molar-refractivity contribution in [1.29, 1.82) is 0 Å². The van der Waals surface area contributed by atoms with Crippen molar-refractivity contribution in [2.45, 2.75) is 23.3 Å². The van der Waals surface area contributed by atoms with Crippen LogP contribution in [0.25, 0.3) is 0 Å². The normalized spacial score (nSPS) is 11.7. The van der Waals surface area contributed by atoms with Crippen LogP contribution in [0.15, 0.2) is 97.1 Å². The molecule has 0 aliphatic heterocycles. The number of hydrogen-bond donors (Lipinski definition) is 1. The Labute approximate surface area is 340 Å². The molecule has 0 fully saturated rings. The van der Waals surface area contributed by atoms with E-state index in [1.807, 2.05) is 0 Å². The minimum atomic E-state index is -4.50. The minimum Gasteiger partial charge on any atom is -0.508 e. The third-order valence-electron chi connectivity index (χ3n) is 5.75. The molecule has 4 aromatic rings. The second-order valence-electron chi connectivity index (χ2n) is 9.08. The van der Waals surface area contributed by atoms with Gasteiger partial charge in [-0.2, -0.15) is 26.3 Å². The summed E-state index contributed by atoms with van der Waals surface area (Å²) < 4.78 is 88.4. The van der Waals surface area contributed by atoms with Crippen molar-refractivity contribution < 1.29 is 107 Å². The molecule has 0 spiro atoms. The first kappa shape index (κ1) is 46.7. The minimum absolute atomic E-state index is 0. The van der Waals surface area contributed by atoms with E-state index in [0.29, 0.717) is 21.7 Å². The van der Waals surface area contributed by atoms with Gasteiger partial charge in [-0.3, -0.25) is 4.79 Å². The molecule has 0 aliphatic rings. The number of aromatic hydroxyl groups is 1. The predicted molar refractivity (Wildman–Crippen MR) is 173 cm³/mol. The Kier molecular flexibility index (Phi) is 20.8. The van der Waals surface area contributed by atoms with Crippen LogP contribution in [0.3, 0.4) is 0 Å². The molecule has 0 aliphatic carbocycles. The predicted octanol–water partition coefficient (Wildman–Crippen LogP) is 7.47. The van der Waals surface area contributed by atoms with E-state index >= 15 is 0 Å². The fourth-order valence-corrected chi connectivity index (χ4v) is 4.18. The number of carbonyl (C=O) groups excluding carboxylic acids is 2. The summed E-state index contributed by atoms with van der Waals surface area (Å²) in [5.41, 5.74) is -0.456. The number of methoxy groups -OCH3 is 2. The molecule has 0 heterocycles. The molecule has 16 heteroatoms. The van der Waals surface area contributed by atoms with Gasteiger partial charge in [-0.05, 0) is 66.2 Å². The average molecular weight is 824 g/mol. The van der Waals surface area contributed by atoms with Crippen LogP contribution < -0.4 is 56.1 Å². The first-order chi connectivity index (χ1) is 22.0. The van der Waals surface area contributed by atoms with Crippen LogP contribution in [0.4, 0.5) is 26.3 Å². The van der Waals surface area contributed by atoms with Crippen molar-refractivity contribution in [2.75, 3.05) is 14.2 Å². The zero-order valence-electron chi connectivity index (χ0n) is 26.3. The monoisotopic (exact) mass is 822 g/mol. The summed E-state index contributed by atoms with van der Waals surface area (Å²) in [5, 5.41) is 9.78. The molecular formula is C33H28BrCl2F6KO6. The van der Waals surface area contributed by atoms with Gasteiger partial charge in [0.15, 0.2) is 0 Å².